The smallest absolute Gasteiger partial charge is 0.219 e. The lowest BCUT2D eigenvalue weighted by Crippen LogP contribution is -2.02. The summed E-state index contributed by atoms with van der Waals surface area (Å²) in [7, 11) is 0. The fourth-order valence-electron chi connectivity index (χ4n) is 2.64. The van der Waals surface area contributed by atoms with Crippen molar-refractivity contribution >= 4 is 17.0 Å². The molecule has 3 heterocycles. The molecule has 0 atom stereocenters. The molecule has 0 unspecified atom stereocenters. The molecule has 134 valence electrons. The van der Waals surface area contributed by atoms with Crippen LogP contribution in [0.3, 0.4) is 0 Å². The van der Waals surface area contributed by atoms with E-state index < -0.39 is 0 Å². The molecule has 0 bridgehead atoms. The third-order valence-electron chi connectivity index (χ3n) is 4.09. The first-order chi connectivity index (χ1) is 13.3. The van der Waals surface area contributed by atoms with E-state index in [0.717, 1.165) is 33.0 Å². The highest BCUT2D eigenvalue weighted by atomic mass is 32.1. The quantitative estimate of drug-likeness (QED) is 0.495. The minimum atomic E-state index is 0.574. The van der Waals surface area contributed by atoms with Gasteiger partial charge < -0.3 is 10.1 Å². The number of nitrogens with one attached hydrogen (secondary N) is 1. The summed E-state index contributed by atoms with van der Waals surface area (Å²) >= 11 is 1.62. The maximum Gasteiger partial charge on any atom is 0.219 e. The molecule has 27 heavy (non-hydrogen) atoms. The Morgan fingerprint density at radius 1 is 1.04 bits per heavy atom. The molecule has 0 spiro atoms. The molecule has 4 rings (SSSR count). The highest BCUT2D eigenvalue weighted by Crippen LogP contribution is 2.28. The number of hydrogen-bond acceptors (Lipinski definition) is 6. The summed E-state index contributed by atoms with van der Waals surface area (Å²) in [6, 6.07) is 13.8. The molecule has 0 saturated carbocycles. The molecule has 0 radical (unpaired) electrons. The van der Waals surface area contributed by atoms with Gasteiger partial charge in [0.25, 0.3) is 0 Å². The number of ether oxygens (including phenoxy) is 1. The molecule has 0 aliphatic rings. The van der Waals surface area contributed by atoms with E-state index in [1.807, 2.05) is 67.3 Å². The predicted octanol–water partition coefficient (Wildman–Crippen LogP) is 5.31. The van der Waals surface area contributed by atoms with Crippen molar-refractivity contribution in [3.63, 3.8) is 0 Å². The fraction of sp³-hybridized carbons (Fsp3) is 0.0952. The van der Waals surface area contributed by atoms with Crippen LogP contribution in [0.25, 0.3) is 10.4 Å². The zero-order valence-electron chi connectivity index (χ0n) is 14.8. The number of thiazole rings is 1. The van der Waals surface area contributed by atoms with Crippen LogP contribution in [0.2, 0.25) is 0 Å². The number of nitrogens with zero attached hydrogens (tertiary/aromatic N) is 3. The highest BCUT2D eigenvalue weighted by Gasteiger charge is 2.05. The van der Waals surface area contributed by atoms with E-state index >= 15 is 0 Å². The first kappa shape index (κ1) is 17.2. The lowest BCUT2D eigenvalue weighted by molar-refractivity contribution is 0.462. The molecular weight excluding hydrogens is 356 g/mol. The van der Waals surface area contributed by atoms with Crippen molar-refractivity contribution in [3.05, 3.63) is 83.9 Å². The van der Waals surface area contributed by atoms with Crippen LogP contribution in [0.5, 0.6) is 11.6 Å². The van der Waals surface area contributed by atoms with E-state index in [1.54, 1.807) is 23.7 Å². The number of aryl methyl sites for hydroxylation is 1. The summed E-state index contributed by atoms with van der Waals surface area (Å²) in [6.07, 6.45) is 7.28. The zero-order chi connectivity index (χ0) is 18.5. The average molecular weight is 374 g/mol. The second-order valence-corrected chi connectivity index (χ2v) is 6.93. The van der Waals surface area contributed by atoms with Gasteiger partial charge in [-0.25, -0.2) is 4.98 Å². The van der Waals surface area contributed by atoms with Gasteiger partial charge in [-0.2, -0.15) is 0 Å². The van der Waals surface area contributed by atoms with E-state index in [4.69, 9.17) is 4.74 Å². The van der Waals surface area contributed by atoms with Crippen molar-refractivity contribution in [1.29, 1.82) is 0 Å². The van der Waals surface area contributed by atoms with Crippen molar-refractivity contribution in [3.8, 4) is 22.1 Å². The summed E-state index contributed by atoms with van der Waals surface area (Å²) in [4.78, 5) is 13.8. The molecule has 0 amide bonds. The van der Waals surface area contributed by atoms with Crippen LogP contribution in [-0.4, -0.2) is 15.0 Å². The summed E-state index contributed by atoms with van der Waals surface area (Å²) in [5.74, 6) is 1.33. The summed E-state index contributed by atoms with van der Waals surface area (Å²) in [5.41, 5.74) is 6.13. The topological polar surface area (TPSA) is 59.9 Å². The molecule has 0 saturated heterocycles. The Hall–Kier alpha value is -3.25. The molecule has 0 fully saturated rings. The normalized spacial score (nSPS) is 10.6. The van der Waals surface area contributed by atoms with Gasteiger partial charge >= 0.3 is 0 Å². The molecule has 1 N–H and O–H groups in total. The first-order valence-corrected chi connectivity index (χ1v) is 9.42. The largest absolute Gasteiger partial charge is 0.439 e. The van der Waals surface area contributed by atoms with Crippen molar-refractivity contribution in [2.75, 3.05) is 5.32 Å². The number of anilines is 1. The maximum absolute atomic E-state index is 5.89. The van der Waals surface area contributed by atoms with Crippen molar-refractivity contribution in [1.82, 2.24) is 15.0 Å². The number of benzene rings is 1. The van der Waals surface area contributed by atoms with E-state index in [2.05, 4.69) is 20.3 Å². The standard InChI is InChI=1S/C21H18N4OS/c1-15-9-21(25-12-19(15)24-11-16-3-2-8-22-10-16)26-18-6-4-17(5-7-18)20-13-23-14-27-20/h2-10,12-14,24H,11H2,1H3. The Morgan fingerprint density at radius 2 is 1.93 bits per heavy atom. The first-order valence-electron chi connectivity index (χ1n) is 8.54. The van der Waals surface area contributed by atoms with E-state index in [0.29, 0.717) is 12.4 Å². The van der Waals surface area contributed by atoms with Crippen LogP contribution < -0.4 is 10.1 Å². The number of hydrogen-bond donors (Lipinski definition) is 1. The van der Waals surface area contributed by atoms with Crippen molar-refractivity contribution in [2.24, 2.45) is 0 Å². The SMILES string of the molecule is Cc1cc(Oc2ccc(-c3cncs3)cc2)ncc1NCc1cccnc1. The van der Waals surface area contributed by atoms with Crippen molar-refractivity contribution < 1.29 is 4.74 Å². The van der Waals surface area contributed by atoms with Gasteiger partial charge in [-0.05, 0) is 53.9 Å². The minimum Gasteiger partial charge on any atom is -0.439 e. The molecule has 1 aromatic carbocycles. The van der Waals surface area contributed by atoms with E-state index in [9.17, 15) is 0 Å². The van der Waals surface area contributed by atoms with Crippen LogP contribution >= 0.6 is 11.3 Å². The molecular formula is C21H18N4OS. The van der Waals surface area contributed by atoms with Crippen LogP contribution in [0.1, 0.15) is 11.1 Å². The molecule has 5 nitrogen and oxygen atoms in total. The second-order valence-electron chi connectivity index (χ2n) is 6.04. The molecule has 4 aromatic rings. The Balaban J connectivity index is 1.41. The maximum atomic E-state index is 5.89. The Bertz CT molecular complexity index is 1000. The number of aromatic nitrogens is 3. The number of pyridine rings is 2. The van der Waals surface area contributed by atoms with Crippen LogP contribution in [-0.2, 0) is 6.54 Å². The van der Waals surface area contributed by atoms with Gasteiger partial charge in [-0.3, -0.25) is 9.97 Å². The lowest BCUT2D eigenvalue weighted by atomic mass is 10.2. The van der Waals surface area contributed by atoms with E-state index in [1.165, 1.54) is 0 Å². The predicted molar refractivity (Wildman–Crippen MR) is 108 cm³/mol. The van der Waals surface area contributed by atoms with Gasteiger partial charge in [0.1, 0.15) is 5.75 Å². The van der Waals surface area contributed by atoms with Gasteiger partial charge in [0.05, 0.1) is 22.3 Å². The van der Waals surface area contributed by atoms with Crippen LogP contribution in [0.4, 0.5) is 5.69 Å². The van der Waals surface area contributed by atoms with Gasteiger partial charge in [0.2, 0.25) is 5.88 Å². The summed E-state index contributed by atoms with van der Waals surface area (Å²) in [6.45, 7) is 2.74. The van der Waals surface area contributed by atoms with Crippen molar-refractivity contribution in [2.45, 2.75) is 13.5 Å². The Kier molecular flexibility index (Phi) is 5.07. The Morgan fingerprint density at radius 3 is 2.63 bits per heavy atom. The van der Waals surface area contributed by atoms with Gasteiger partial charge in [0.15, 0.2) is 0 Å². The van der Waals surface area contributed by atoms with Gasteiger partial charge in [-0.1, -0.05) is 6.07 Å². The second kappa shape index (κ2) is 7.97. The lowest BCUT2D eigenvalue weighted by Gasteiger charge is -2.11. The van der Waals surface area contributed by atoms with Crippen LogP contribution in [0.15, 0.2) is 72.8 Å². The van der Waals surface area contributed by atoms with E-state index in [-0.39, 0.29) is 0 Å². The highest BCUT2D eigenvalue weighted by molar-refractivity contribution is 7.13. The monoisotopic (exact) mass is 374 g/mol. The summed E-state index contributed by atoms with van der Waals surface area (Å²) in [5, 5.41) is 3.38. The molecule has 0 aliphatic carbocycles. The molecule has 6 heteroatoms. The summed E-state index contributed by atoms with van der Waals surface area (Å²) < 4.78 is 5.89. The zero-order valence-corrected chi connectivity index (χ0v) is 15.6. The van der Waals surface area contributed by atoms with Crippen LogP contribution in [0, 0.1) is 6.92 Å². The Labute approximate surface area is 161 Å². The average Bonchev–Trinajstić information content (AvgIpc) is 3.24. The third kappa shape index (κ3) is 4.30. The number of rotatable bonds is 6. The minimum absolute atomic E-state index is 0.574. The van der Waals surface area contributed by atoms with Gasteiger partial charge in [-0.15, -0.1) is 11.3 Å². The molecule has 3 aromatic heterocycles. The third-order valence-corrected chi connectivity index (χ3v) is 4.91. The fourth-order valence-corrected chi connectivity index (χ4v) is 3.27. The molecule has 0 aliphatic heterocycles. The van der Waals surface area contributed by atoms with Gasteiger partial charge in [0, 0.05) is 31.2 Å².